The first-order chi connectivity index (χ1) is 13.9. The molecule has 152 valence electrons. The van der Waals surface area contributed by atoms with Crippen molar-refractivity contribution in [2.45, 2.75) is 12.8 Å². The van der Waals surface area contributed by atoms with Gasteiger partial charge in [0.15, 0.2) is 5.78 Å². The molecule has 2 amide bonds. The number of carbonyl (C=O) groups is 2. The number of hydrazine groups is 1. The van der Waals surface area contributed by atoms with Crippen molar-refractivity contribution < 1.29 is 27.5 Å². The van der Waals surface area contributed by atoms with E-state index in [2.05, 4.69) is 19.8 Å². The largest absolute Gasteiger partial charge is 0.481 e. The number of rotatable bonds is 7. The quantitative estimate of drug-likeness (QED) is 0.527. The van der Waals surface area contributed by atoms with Gasteiger partial charge in [0.2, 0.25) is 11.8 Å². The van der Waals surface area contributed by atoms with Crippen molar-refractivity contribution in [1.29, 1.82) is 0 Å². The maximum absolute atomic E-state index is 12.6. The highest BCUT2D eigenvalue weighted by Gasteiger charge is 2.32. The van der Waals surface area contributed by atoms with E-state index in [1.165, 1.54) is 20.3 Å². The number of nitrogens with one attached hydrogen (secondary N) is 1. The Morgan fingerprint density at radius 1 is 1.14 bits per heavy atom. The van der Waals surface area contributed by atoms with Crippen LogP contribution in [0.4, 0.5) is 16.4 Å². The molecule has 1 aliphatic carbocycles. The highest BCUT2D eigenvalue weighted by molar-refractivity contribution is 7.62. The molecular weight excluding hydrogens is 402 g/mol. The van der Waals surface area contributed by atoms with Crippen LogP contribution in [0, 0.1) is 5.92 Å². The number of Topliss-reactive ketones (excluding diaryl/α,β-unsaturated/α-hetero) is 1. The molecule has 1 aromatic carbocycles. The van der Waals surface area contributed by atoms with E-state index in [9.17, 15) is 18.0 Å². The molecule has 1 aromatic heterocycles. The number of para-hydroxylation sites is 1. The van der Waals surface area contributed by atoms with E-state index in [0.29, 0.717) is 10.6 Å². The molecule has 1 N–H and O–H groups in total. The number of anilines is 2. The Balaban J connectivity index is 2.05. The van der Waals surface area contributed by atoms with Crippen molar-refractivity contribution in [2.24, 2.45) is 10.3 Å². The molecule has 0 bridgehead atoms. The lowest BCUT2D eigenvalue weighted by Crippen LogP contribution is -2.36. The zero-order valence-electron chi connectivity index (χ0n) is 15.5. The average Bonchev–Trinajstić information content (AvgIpc) is 3.56. The Morgan fingerprint density at radius 3 is 2.31 bits per heavy atom. The van der Waals surface area contributed by atoms with Crippen LogP contribution in [0.15, 0.2) is 34.7 Å². The third-order valence-corrected chi connectivity index (χ3v) is 4.31. The van der Waals surface area contributed by atoms with E-state index in [1.807, 2.05) is 0 Å². The standard InChI is InChI=1S/C17H17N5O6S/c1-27-13-9-14(28-2)19-16(18-13)22(17(24)21-29(25)26)20-12-6-4-3-5-11(12)15(23)10-7-8-10/h3-6,9-10,20H,7-8H2,1-2H3. The number of methoxy groups -OCH3 is 2. The molecule has 0 aliphatic heterocycles. The topological polar surface area (TPSA) is 140 Å². The minimum Gasteiger partial charge on any atom is -0.481 e. The van der Waals surface area contributed by atoms with Gasteiger partial charge in [0.25, 0.3) is 5.95 Å². The van der Waals surface area contributed by atoms with Crippen molar-refractivity contribution in [3.05, 3.63) is 35.9 Å². The van der Waals surface area contributed by atoms with Crippen LogP contribution in [0.25, 0.3) is 0 Å². The van der Waals surface area contributed by atoms with Crippen LogP contribution < -0.4 is 19.9 Å². The van der Waals surface area contributed by atoms with Gasteiger partial charge in [-0.3, -0.25) is 10.2 Å². The van der Waals surface area contributed by atoms with E-state index < -0.39 is 16.5 Å². The molecule has 1 aliphatic rings. The summed E-state index contributed by atoms with van der Waals surface area (Å²) in [6.45, 7) is 0. The lowest BCUT2D eigenvalue weighted by Gasteiger charge is -2.21. The van der Waals surface area contributed by atoms with Gasteiger partial charge in [-0.25, -0.2) is 4.79 Å². The Kier molecular flexibility index (Phi) is 6.02. The van der Waals surface area contributed by atoms with Gasteiger partial charge in [0, 0.05) is 11.5 Å². The van der Waals surface area contributed by atoms with Crippen LogP contribution >= 0.6 is 0 Å². The molecule has 0 spiro atoms. The van der Waals surface area contributed by atoms with Gasteiger partial charge >= 0.3 is 16.5 Å². The fourth-order valence-corrected chi connectivity index (χ4v) is 2.68. The van der Waals surface area contributed by atoms with Gasteiger partial charge in [-0.15, -0.1) is 0 Å². The maximum Gasteiger partial charge on any atom is 0.384 e. The summed E-state index contributed by atoms with van der Waals surface area (Å²) < 4.78 is 35.0. The third-order valence-electron chi connectivity index (χ3n) is 4.00. The van der Waals surface area contributed by atoms with Gasteiger partial charge in [0.05, 0.1) is 26.0 Å². The second-order valence-electron chi connectivity index (χ2n) is 5.97. The predicted octanol–water partition coefficient (Wildman–Crippen LogP) is 2.10. The fourth-order valence-electron chi connectivity index (χ4n) is 2.47. The highest BCUT2D eigenvalue weighted by Crippen LogP contribution is 2.35. The molecule has 0 atom stereocenters. The van der Waals surface area contributed by atoms with Crippen LogP contribution in [0.3, 0.4) is 0 Å². The lowest BCUT2D eigenvalue weighted by atomic mass is 10.1. The molecule has 0 saturated heterocycles. The number of ketones is 1. The minimum atomic E-state index is -3.01. The second-order valence-corrected chi connectivity index (χ2v) is 6.59. The zero-order valence-corrected chi connectivity index (χ0v) is 16.3. The summed E-state index contributed by atoms with van der Waals surface area (Å²) in [4.78, 5) is 33.1. The van der Waals surface area contributed by atoms with E-state index >= 15 is 0 Å². The molecule has 1 heterocycles. The first-order valence-corrected chi connectivity index (χ1v) is 9.48. The van der Waals surface area contributed by atoms with Crippen molar-refractivity contribution >= 4 is 34.0 Å². The smallest absolute Gasteiger partial charge is 0.384 e. The van der Waals surface area contributed by atoms with Gasteiger partial charge in [-0.1, -0.05) is 16.5 Å². The van der Waals surface area contributed by atoms with Crippen LogP contribution in [0.2, 0.25) is 0 Å². The van der Waals surface area contributed by atoms with Crippen molar-refractivity contribution in [3.63, 3.8) is 0 Å². The molecule has 0 radical (unpaired) electrons. The number of urea groups is 1. The second kappa shape index (κ2) is 8.65. The molecular formula is C17H17N5O6S. The summed E-state index contributed by atoms with van der Waals surface area (Å²) in [6, 6.07) is 6.68. The predicted molar refractivity (Wildman–Crippen MR) is 101 cm³/mol. The van der Waals surface area contributed by atoms with E-state index in [-0.39, 0.29) is 35.1 Å². The van der Waals surface area contributed by atoms with Crippen molar-refractivity contribution in [1.82, 2.24) is 9.97 Å². The van der Waals surface area contributed by atoms with Crippen LogP contribution in [-0.2, 0) is 10.5 Å². The molecule has 11 nitrogen and oxygen atoms in total. The Bertz CT molecular complexity index is 1050. The Hall–Kier alpha value is -3.54. The SMILES string of the molecule is COc1cc(OC)nc(N(Nc2ccccc2C(=O)C2CC2)C(=O)N=S(=O)=O)n1. The Labute approximate surface area is 167 Å². The van der Waals surface area contributed by atoms with Crippen molar-refractivity contribution in [3.8, 4) is 11.8 Å². The first-order valence-electron chi connectivity index (χ1n) is 8.45. The number of aromatic nitrogens is 2. The number of hydrogen-bond acceptors (Lipinski definition) is 9. The third kappa shape index (κ3) is 4.85. The molecule has 29 heavy (non-hydrogen) atoms. The monoisotopic (exact) mass is 419 g/mol. The summed E-state index contributed by atoms with van der Waals surface area (Å²) in [5.41, 5.74) is 3.32. The summed E-state index contributed by atoms with van der Waals surface area (Å²) in [5.74, 6) is -0.286. The molecule has 1 fully saturated rings. The number of ether oxygens (including phenoxy) is 2. The number of nitrogens with zero attached hydrogens (tertiary/aromatic N) is 4. The van der Waals surface area contributed by atoms with Gasteiger partial charge in [0.1, 0.15) is 0 Å². The average molecular weight is 419 g/mol. The number of carbonyl (C=O) groups excluding carboxylic acids is 2. The molecule has 12 heteroatoms. The van der Waals surface area contributed by atoms with E-state index in [4.69, 9.17) is 9.47 Å². The van der Waals surface area contributed by atoms with Crippen LogP contribution in [-0.4, -0.2) is 44.4 Å². The summed E-state index contributed by atoms with van der Waals surface area (Å²) in [6.07, 6.45) is 1.60. The summed E-state index contributed by atoms with van der Waals surface area (Å²) in [7, 11) is -0.309. The molecule has 2 aromatic rings. The van der Waals surface area contributed by atoms with Crippen LogP contribution in [0.1, 0.15) is 23.2 Å². The number of amides is 2. The van der Waals surface area contributed by atoms with E-state index in [1.54, 1.807) is 24.3 Å². The maximum atomic E-state index is 12.6. The van der Waals surface area contributed by atoms with Crippen molar-refractivity contribution in [2.75, 3.05) is 24.7 Å². The number of hydrogen-bond donors (Lipinski definition) is 1. The first kappa shape index (κ1) is 20.2. The summed E-state index contributed by atoms with van der Waals surface area (Å²) in [5, 5.41) is 0.694. The van der Waals surface area contributed by atoms with Crippen LogP contribution in [0.5, 0.6) is 11.8 Å². The fraction of sp³-hybridized carbons (Fsp3) is 0.294. The molecule has 1 saturated carbocycles. The van der Waals surface area contributed by atoms with Gasteiger partial charge in [-0.2, -0.15) is 23.4 Å². The zero-order chi connectivity index (χ0) is 21.0. The number of benzene rings is 1. The molecule has 0 unspecified atom stereocenters. The normalized spacial score (nSPS) is 12.6. The molecule has 3 rings (SSSR count). The van der Waals surface area contributed by atoms with E-state index in [0.717, 1.165) is 12.8 Å². The minimum absolute atomic E-state index is 0.0610. The van der Waals surface area contributed by atoms with Gasteiger partial charge < -0.3 is 9.47 Å². The lowest BCUT2D eigenvalue weighted by molar-refractivity contribution is 0.0968. The summed E-state index contributed by atoms with van der Waals surface area (Å²) >= 11 is 0. The Morgan fingerprint density at radius 2 is 1.76 bits per heavy atom. The van der Waals surface area contributed by atoms with Gasteiger partial charge in [-0.05, 0) is 25.0 Å². The highest BCUT2D eigenvalue weighted by atomic mass is 32.2.